The van der Waals surface area contributed by atoms with Crippen molar-refractivity contribution < 1.29 is 28.5 Å². The van der Waals surface area contributed by atoms with Gasteiger partial charge in [0.25, 0.3) is 0 Å². The fourth-order valence-corrected chi connectivity index (χ4v) is 3.63. The summed E-state index contributed by atoms with van der Waals surface area (Å²) in [6.45, 7) is 15.5. The van der Waals surface area contributed by atoms with E-state index in [1.165, 1.54) is 0 Å². The van der Waals surface area contributed by atoms with Gasteiger partial charge in [-0.15, -0.1) is 0 Å². The summed E-state index contributed by atoms with van der Waals surface area (Å²) in [5.41, 5.74) is 0.303. The first-order chi connectivity index (χ1) is 16.4. The summed E-state index contributed by atoms with van der Waals surface area (Å²) >= 11 is 0. The van der Waals surface area contributed by atoms with E-state index in [2.05, 4.69) is 0 Å². The first-order valence-electron chi connectivity index (χ1n) is 12.3. The van der Waals surface area contributed by atoms with E-state index in [1.54, 1.807) is 16.9 Å². The molecule has 198 valence electrons. The predicted molar refractivity (Wildman–Crippen MR) is 133 cm³/mol. The van der Waals surface area contributed by atoms with Gasteiger partial charge in [0.15, 0.2) is 0 Å². The highest BCUT2D eigenvalue weighted by Crippen LogP contribution is 2.23. The minimum Gasteiger partial charge on any atom is -0.497 e. The fourth-order valence-electron chi connectivity index (χ4n) is 3.63. The summed E-state index contributed by atoms with van der Waals surface area (Å²) in [5.74, 6) is 0.662. The molecule has 2 heterocycles. The van der Waals surface area contributed by atoms with Crippen LogP contribution in [-0.2, 0) is 36.9 Å². The number of hydrogen-bond acceptors (Lipinski definition) is 7. The molecule has 2 rings (SSSR count). The number of methoxy groups -OCH3 is 1. The average molecular weight is 494 g/mol. The minimum atomic E-state index is -0.544. The van der Waals surface area contributed by atoms with Gasteiger partial charge in [0.2, 0.25) is 11.8 Å². The van der Waals surface area contributed by atoms with Gasteiger partial charge >= 0.3 is 0 Å². The van der Waals surface area contributed by atoms with Gasteiger partial charge < -0.3 is 28.7 Å². The second kappa shape index (κ2) is 13.2. The van der Waals surface area contributed by atoms with Crippen molar-refractivity contribution in [3.63, 3.8) is 0 Å². The van der Waals surface area contributed by atoms with E-state index in [9.17, 15) is 9.59 Å². The molecule has 2 amide bonds. The topological polar surface area (TPSA) is 90.4 Å². The third kappa shape index (κ3) is 9.74. The van der Waals surface area contributed by atoms with Crippen LogP contribution in [0.3, 0.4) is 0 Å². The van der Waals surface area contributed by atoms with Crippen molar-refractivity contribution >= 4 is 11.8 Å². The van der Waals surface area contributed by atoms with Crippen LogP contribution in [0.1, 0.15) is 52.9 Å². The number of carbonyl (C=O) groups is 2. The Morgan fingerprint density at radius 3 is 1.46 bits per heavy atom. The number of nitrogens with zero attached hydrogens (tertiary/aromatic N) is 3. The largest absolute Gasteiger partial charge is 0.497 e. The Kier molecular flexibility index (Phi) is 10.9. The maximum Gasteiger partial charge on any atom is 0.228 e. The number of ether oxygens (including phenoxy) is 4. The Labute approximate surface area is 210 Å². The number of fused-ring (bicyclic) bond motifs is 2. The van der Waals surface area contributed by atoms with Gasteiger partial charge in [0.05, 0.1) is 71.2 Å². The molecule has 0 aliphatic carbocycles. The Bertz CT molecular complexity index is 769. The maximum absolute atomic E-state index is 13.2. The summed E-state index contributed by atoms with van der Waals surface area (Å²) in [5, 5.41) is 0. The van der Waals surface area contributed by atoms with Crippen LogP contribution in [-0.4, -0.2) is 86.4 Å². The number of amides is 2. The van der Waals surface area contributed by atoms with Gasteiger partial charge in [0.1, 0.15) is 5.75 Å². The van der Waals surface area contributed by atoms with Gasteiger partial charge in [-0.2, -0.15) is 0 Å². The summed E-state index contributed by atoms with van der Waals surface area (Å²) < 4.78 is 22.5. The Morgan fingerprint density at radius 1 is 0.743 bits per heavy atom. The number of rotatable bonds is 1. The first-order valence-corrected chi connectivity index (χ1v) is 12.3. The molecule has 0 N–H and O–H groups in total. The van der Waals surface area contributed by atoms with Gasteiger partial charge in [-0.05, 0) is 0 Å². The molecule has 1 aliphatic heterocycles. The van der Waals surface area contributed by atoms with Crippen molar-refractivity contribution in [3.05, 3.63) is 23.5 Å². The molecular formula is C26H43N3O6. The van der Waals surface area contributed by atoms with Gasteiger partial charge in [-0.3, -0.25) is 14.6 Å². The average Bonchev–Trinajstić information content (AvgIpc) is 2.78. The van der Waals surface area contributed by atoms with E-state index in [-0.39, 0.29) is 11.8 Å². The molecule has 2 bridgehead atoms. The van der Waals surface area contributed by atoms with Crippen molar-refractivity contribution in [1.29, 1.82) is 0 Å². The second-order valence-electron chi connectivity index (χ2n) is 10.8. The maximum atomic E-state index is 13.2. The lowest BCUT2D eigenvalue weighted by Gasteiger charge is -2.30. The molecule has 0 fully saturated rings. The van der Waals surface area contributed by atoms with E-state index in [0.29, 0.717) is 83.0 Å². The lowest BCUT2D eigenvalue weighted by Crippen LogP contribution is -2.42. The quantitative estimate of drug-likeness (QED) is 0.594. The van der Waals surface area contributed by atoms with Crippen LogP contribution in [0.25, 0.3) is 0 Å². The van der Waals surface area contributed by atoms with Crippen molar-refractivity contribution in [2.45, 2.75) is 54.6 Å². The van der Waals surface area contributed by atoms with Crippen LogP contribution in [0, 0.1) is 10.8 Å². The molecule has 35 heavy (non-hydrogen) atoms. The van der Waals surface area contributed by atoms with E-state index in [0.717, 1.165) is 0 Å². The lowest BCUT2D eigenvalue weighted by atomic mass is 9.94. The minimum absolute atomic E-state index is 0.0135. The SMILES string of the molecule is COc1cc2nc(c1)CN(C(=O)C(C)(C)C)CCOCCOCCOCCN(C(=O)C(C)(C)C)C2. The molecule has 0 saturated carbocycles. The van der Waals surface area contributed by atoms with Crippen LogP contribution in [0.15, 0.2) is 12.1 Å². The van der Waals surface area contributed by atoms with E-state index in [1.807, 2.05) is 53.7 Å². The van der Waals surface area contributed by atoms with Crippen molar-refractivity contribution in [2.75, 3.05) is 59.8 Å². The highest BCUT2D eigenvalue weighted by molar-refractivity contribution is 5.82. The molecule has 0 aromatic carbocycles. The molecule has 0 unspecified atom stereocenters. The van der Waals surface area contributed by atoms with Crippen molar-refractivity contribution in [3.8, 4) is 5.75 Å². The molecule has 0 saturated heterocycles. The molecule has 1 aromatic heterocycles. The molecular weight excluding hydrogens is 450 g/mol. The summed E-state index contributed by atoms with van der Waals surface area (Å²) in [4.78, 5) is 34.7. The highest BCUT2D eigenvalue weighted by atomic mass is 16.5. The van der Waals surface area contributed by atoms with Crippen LogP contribution in [0.5, 0.6) is 5.75 Å². The molecule has 0 atom stereocenters. The van der Waals surface area contributed by atoms with Crippen LogP contribution in [0.2, 0.25) is 0 Å². The summed E-state index contributed by atoms with van der Waals surface area (Å²) in [6.07, 6.45) is 0. The summed E-state index contributed by atoms with van der Waals surface area (Å²) in [6, 6.07) is 3.66. The van der Waals surface area contributed by atoms with E-state index in [4.69, 9.17) is 23.9 Å². The van der Waals surface area contributed by atoms with Crippen molar-refractivity contribution in [1.82, 2.24) is 14.8 Å². The monoisotopic (exact) mass is 493 g/mol. The Balaban J connectivity index is 2.37. The standard InChI is InChI=1S/C26H43N3O6/c1-25(2,3)23(30)28-8-10-33-12-14-35-15-13-34-11-9-29(24(31)26(4,5)6)19-21-17-22(32-7)16-20(18-28)27-21/h16-17H,8-15,18-19H2,1-7H3. The Morgan fingerprint density at radius 2 is 1.11 bits per heavy atom. The normalized spacial score (nSPS) is 17.9. The molecule has 1 aliphatic rings. The lowest BCUT2D eigenvalue weighted by molar-refractivity contribution is -0.141. The molecule has 0 radical (unpaired) electrons. The molecule has 9 heteroatoms. The summed E-state index contributed by atoms with van der Waals surface area (Å²) in [7, 11) is 1.60. The van der Waals surface area contributed by atoms with E-state index >= 15 is 0 Å². The third-order valence-electron chi connectivity index (χ3n) is 5.46. The van der Waals surface area contributed by atoms with Gasteiger partial charge in [-0.25, -0.2) is 0 Å². The van der Waals surface area contributed by atoms with Crippen LogP contribution >= 0.6 is 0 Å². The number of aromatic nitrogens is 1. The van der Waals surface area contributed by atoms with Gasteiger partial charge in [-0.1, -0.05) is 41.5 Å². The smallest absolute Gasteiger partial charge is 0.228 e. The molecule has 1 aromatic rings. The van der Waals surface area contributed by atoms with Crippen LogP contribution in [0.4, 0.5) is 0 Å². The molecule has 9 nitrogen and oxygen atoms in total. The Hall–Kier alpha value is -2.23. The second-order valence-corrected chi connectivity index (χ2v) is 10.8. The zero-order valence-corrected chi connectivity index (χ0v) is 22.5. The number of carbonyl (C=O) groups excluding carboxylic acids is 2. The number of hydrogen-bond donors (Lipinski definition) is 0. The third-order valence-corrected chi connectivity index (χ3v) is 5.46. The zero-order valence-electron chi connectivity index (χ0n) is 22.5. The van der Waals surface area contributed by atoms with Gasteiger partial charge in [0, 0.05) is 36.1 Å². The molecule has 0 spiro atoms. The van der Waals surface area contributed by atoms with Crippen LogP contribution < -0.4 is 4.74 Å². The fraction of sp³-hybridized carbons (Fsp3) is 0.731. The van der Waals surface area contributed by atoms with E-state index < -0.39 is 10.8 Å². The first kappa shape index (κ1) is 29.0. The highest BCUT2D eigenvalue weighted by Gasteiger charge is 2.29. The number of pyridine rings is 1. The van der Waals surface area contributed by atoms with Crippen molar-refractivity contribution in [2.24, 2.45) is 10.8 Å². The predicted octanol–water partition coefficient (Wildman–Crippen LogP) is 2.90. The zero-order chi connectivity index (χ0) is 26.1.